The molecule has 2 rings (SSSR count). The zero-order chi connectivity index (χ0) is 13.7. The van der Waals surface area contributed by atoms with Crippen LogP contribution in [0.4, 0.5) is 0 Å². The van der Waals surface area contributed by atoms with E-state index in [0.29, 0.717) is 0 Å². The monoisotopic (exact) mass is 375 g/mol. The molecule has 0 amide bonds. The highest BCUT2D eigenvalue weighted by Crippen LogP contribution is 2.34. The van der Waals surface area contributed by atoms with E-state index in [4.69, 9.17) is 0 Å². The van der Waals surface area contributed by atoms with E-state index >= 15 is 0 Å². The molecule has 0 spiro atoms. The Labute approximate surface area is 134 Å². The van der Waals surface area contributed by atoms with Crippen LogP contribution >= 0.6 is 50.8 Å². The molecule has 1 N–H and O–H groups in total. The van der Waals surface area contributed by atoms with Crippen LogP contribution in [0, 0.1) is 0 Å². The number of thioether (sulfide) groups is 1. The number of benzene rings is 1. The quantitative estimate of drug-likeness (QED) is 0.762. The van der Waals surface area contributed by atoms with Crippen molar-refractivity contribution in [1.29, 1.82) is 0 Å². The van der Waals surface area contributed by atoms with Crippen molar-refractivity contribution in [2.45, 2.75) is 27.0 Å². The van der Waals surface area contributed by atoms with Crippen molar-refractivity contribution in [3.05, 3.63) is 28.2 Å². The fourth-order valence-electron chi connectivity index (χ4n) is 1.42. The van der Waals surface area contributed by atoms with Gasteiger partial charge in [0, 0.05) is 15.9 Å². The first-order valence-corrected chi connectivity index (χ1v) is 9.42. The van der Waals surface area contributed by atoms with Gasteiger partial charge < -0.3 is 5.32 Å². The lowest BCUT2D eigenvalue weighted by Gasteiger charge is -2.06. The highest BCUT2D eigenvalue weighted by Gasteiger charge is 2.07. The van der Waals surface area contributed by atoms with Gasteiger partial charge in [-0.25, -0.2) is 0 Å². The van der Waals surface area contributed by atoms with Gasteiger partial charge in [-0.05, 0) is 30.5 Å². The van der Waals surface area contributed by atoms with Crippen LogP contribution < -0.4 is 5.32 Å². The van der Waals surface area contributed by atoms with E-state index in [1.807, 2.05) is 6.26 Å². The standard InChI is InChI=1S/C12H14BrN3S3/c1-3-14-7-8-4-5-9(6-10(8)13)18-12-16-15-11(17-2)19-12/h4-6,14H,3,7H2,1-2H3. The highest BCUT2D eigenvalue weighted by atomic mass is 79.9. The van der Waals surface area contributed by atoms with Gasteiger partial charge in [0.25, 0.3) is 0 Å². The Morgan fingerprint density at radius 1 is 1.32 bits per heavy atom. The number of nitrogens with one attached hydrogen (secondary N) is 1. The van der Waals surface area contributed by atoms with Crippen LogP contribution in [0.1, 0.15) is 12.5 Å². The van der Waals surface area contributed by atoms with Crippen molar-refractivity contribution in [2.24, 2.45) is 0 Å². The first kappa shape index (κ1) is 15.3. The normalized spacial score (nSPS) is 10.9. The van der Waals surface area contributed by atoms with Gasteiger partial charge in [0.05, 0.1) is 0 Å². The largest absolute Gasteiger partial charge is 0.313 e. The van der Waals surface area contributed by atoms with Crippen molar-refractivity contribution in [1.82, 2.24) is 15.5 Å². The summed E-state index contributed by atoms with van der Waals surface area (Å²) in [6, 6.07) is 6.41. The van der Waals surface area contributed by atoms with Gasteiger partial charge in [-0.3, -0.25) is 0 Å². The van der Waals surface area contributed by atoms with Gasteiger partial charge in [0.15, 0.2) is 8.68 Å². The number of hydrogen-bond donors (Lipinski definition) is 1. The average Bonchev–Trinajstić information content (AvgIpc) is 2.85. The second-order valence-corrected chi connectivity index (χ2v) is 7.88. The van der Waals surface area contributed by atoms with Crippen molar-refractivity contribution in [2.75, 3.05) is 12.8 Å². The van der Waals surface area contributed by atoms with Crippen molar-refractivity contribution < 1.29 is 0 Å². The van der Waals surface area contributed by atoms with E-state index in [1.165, 1.54) is 10.5 Å². The molecule has 0 saturated carbocycles. The summed E-state index contributed by atoms with van der Waals surface area (Å²) >= 11 is 8.53. The Hall–Kier alpha value is -0.0800. The number of rotatable bonds is 6. The molecule has 2 aromatic rings. The topological polar surface area (TPSA) is 37.8 Å². The molecule has 0 saturated heterocycles. The number of aromatic nitrogens is 2. The molecule has 0 fully saturated rings. The minimum Gasteiger partial charge on any atom is -0.313 e. The maximum absolute atomic E-state index is 4.17. The van der Waals surface area contributed by atoms with E-state index in [2.05, 4.69) is 56.6 Å². The molecule has 0 radical (unpaired) electrons. The smallest absolute Gasteiger partial charge is 0.179 e. The fraction of sp³-hybridized carbons (Fsp3) is 0.333. The first-order chi connectivity index (χ1) is 9.22. The molecular formula is C12H14BrN3S3. The van der Waals surface area contributed by atoms with E-state index in [0.717, 1.165) is 26.2 Å². The maximum Gasteiger partial charge on any atom is 0.179 e. The lowest BCUT2D eigenvalue weighted by atomic mass is 10.2. The lowest BCUT2D eigenvalue weighted by Crippen LogP contribution is -2.11. The summed E-state index contributed by atoms with van der Waals surface area (Å²) in [4.78, 5) is 1.18. The van der Waals surface area contributed by atoms with E-state index in [1.54, 1.807) is 34.9 Å². The van der Waals surface area contributed by atoms with Gasteiger partial charge in [-0.15, -0.1) is 10.2 Å². The Morgan fingerprint density at radius 3 is 2.74 bits per heavy atom. The van der Waals surface area contributed by atoms with Gasteiger partial charge in [0.2, 0.25) is 0 Å². The summed E-state index contributed by atoms with van der Waals surface area (Å²) in [5.41, 5.74) is 1.27. The third-order valence-electron chi connectivity index (χ3n) is 2.36. The minimum atomic E-state index is 0.886. The molecule has 1 heterocycles. The average molecular weight is 376 g/mol. The third kappa shape index (κ3) is 4.46. The molecule has 0 aliphatic carbocycles. The first-order valence-electron chi connectivity index (χ1n) is 5.77. The van der Waals surface area contributed by atoms with Crippen LogP contribution in [0.25, 0.3) is 0 Å². The number of halogens is 1. The second-order valence-electron chi connectivity index (χ2n) is 3.67. The molecule has 1 aromatic heterocycles. The number of nitrogens with zero attached hydrogens (tertiary/aromatic N) is 2. The van der Waals surface area contributed by atoms with Crippen LogP contribution in [-0.2, 0) is 6.54 Å². The number of hydrogen-bond acceptors (Lipinski definition) is 6. The Bertz CT molecular complexity index is 545. The predicted molar refractivity (Wildman–Crippen MR) is 87.3 cm³/mol. The molecule has 0 unspecified atom stereocenters. The molecule has 7 heteroatoms. The molecule has 102 valence electrons. The van der Waals surface area contributed by atoms with Gasteiger partial charge >= 0.3 is 0 Å². The molecule has 1 aromatic carbocycles. The minimum absolute atomic E-state index is 0.886. The molecule has 19 heavy (non-hydrogen) atoms. The van der Waals surface area contributed by atoms with Crippen molar-refractivity contribution in [3.63, 3.8) is 0 Å². The second kappa shape index (κ2) is 7.64. The molecule has 0 atom stereocenters. The zero-order valence-corrected chi connectivity index (χ0v) is 14.7. The van der Waals surface area contributed by atoms with Gasteiger partial charge in [-0.2, -0.15) is 0 Å². The fourth-order valence-corrected chi connectivity index (χ4v) is 4.54. The van der Waals surface area contributed by atoms with Crippen LogP contribution in [0.3, 0.4) is 0 Å². The predicted octanol–water partition coefficient (Wildman–Crippen LogP) is 4.28. The Morgan fingerprint density at radius 2 is 2.11 bits per heavy atom. The van der Waals surface area contributed by atoms with Crippen molar-refractivity contribution >= 4 is 50.8 Å². The Balaban J connectivity index is 2.06. The third-order valence-corrected chi connectivity index (χ3v) is 6.04. The summed E-state index contributed by atoms with van der Waals surface area (Å²) < 4.78 is 3.12. The lowest BCUT2D eigenvalue weighted by molar-refractivity contribution is 0.724. The van der Waals surface area contributed by atoms with Crippen molar-refractivity contribution in [3.8, 4) is 0 Å². The van der Waals surface area contributed by atoms with Crippen LogP contribution in [-0.4, -0.2) is 23.0 Å². The molecule has 0 bridgehead atoms. The zero-order valence-electron chi connectivity index (χ0n) is 10.6. The van der Waals surface area contributed by atoms with E-state index in [9.17, 15) is 0 Å². The summed E-state index contributed by atoms with van der Waals surface area (Å²) in [6.45, 7) is 3.97. The van der Waals surface area contributed by atoms with E-state index in [-0.39, 0.29) is 0 Å². The molecule has 0 aliphatic rings. The SMILES string of the molecule is CCNCc1ccc(Sc2nnc(SC)s2)cc1Br. The summed E-state index contributed by atoms with van der Waals surface area (Å²) in [5, 5.41) is 11.6. The van der Waals surface area contributed by atoms with Crippen LogP contribution in [0.15, 0.2) is 36.2 Å². The Kier molecular flexibility index (Phi) is 6.15. The summed E-state index contributed by atoms with van der Waals surface area (Å²) in [5.74, 6) is 0. The maximum atomic E-state index is 4.17. The molecular weight excluding hydrogens is 362 g/mol. The van der Waals surface area contributed by atoms with Crippen LogP contribution in [0.5, 0.6) is 0 Å². The summed E-state index contributed by atoms with van der Waals surface area (Å²) in [7, 11) is 0. The van der Waals surface area contributed by atoms with Gasteiger partial charge in [0.1, 0.15) is 0 Å². The van der Waals surface area contributed by atoms with Crippen LogP contribution in [0.2, 0.25) is 0 Å². The molecule has 0 aliphatic heterocycles. The molecule has 3 nitrogen and oxygen atoms in total. The summed E-state index contributed by atoms with van der Waals surface area (Å²) in [6.07, 6.45) is 2.01. The van der Waals surface area contributed by atoms with E-state index < -0.39 is 0 Å². The van der Waals surface area contributed by atoms with Gasteiger partial charge in [-0.1, -0.05) is 63.8 Å². The highest BCUT2D eigenvalue weighted by molar-refractivity contribution is 9.10.